The fourth-order valence-corrected chi connectivity index (χ4v) is 3.23. The minimum atomic E-state index is -0.798. The van der Waals surface area contributed by atoms with E-state index in [4.69, 9.17) is 0 Å². The van der Waals surface area contributed by atoms with Crippen LogP contribution in [0, 0.1) is 3.57 Å². The Hall–Kier alpha value is -3.27. The van der Waals surface area contributed by atoms with Gasteiger partial charge in [0.05, 0.1) is 11.9 Å². The lowest BCUT2D eigenvalue weighted by Gasteiger charge is -2.26. The summed E-state index contributed by atoms with van der Waals surface area (Å²) in [7, 11) is 0. The Morgan fingerprint density at radius 1 is 0.964 bits per heavy atom. The van der Waals surface area contributed by atoms with Crippen LogP contribution in [0.5, 0.6) is 0 Å². The lowest BCUT2D eigenvalue weighted by molar-refractivity contribution is -0.122. The number of rotatable bonds is 3. The van der Waals surface area contributed by atoms with Gasteiger partial charge in [0.1, 0.15) is 5.57 Å². The van der Waals surface area contributed by atoms with Crippen molar-refractivity contribution in [3.63, 3.8) is 0 Å². The van der Waals surface area contributed by atoms with Gasteiger partial charge in [-0.2, -0.15) is 0 Å². The number of amides is 4. The van der Waals surface area contributed by atoms with Crippen molar-refractivity contribution in [2.75, 3.05) is 4.90 Å². The second-order valence-electron chi connectivity index (χ2n) is 5.95. The van der Waals surface area contributed by atoms with Crippen molar-refractivity contribution in [1.82, 2.24) is 14.9 Å². The van der Waals surface area contributed by atoms with Crippen molar-refractivity contribution in [3.8, 4) is 5.69 Å². The van der Waals surface area contributed by atoms with Crippen molar-refractivity contribution < 1.29 is 14.4 Å². The molecule has 0 saturated carbocycles. The maximum absolute atomic E-state index is 12.9. The third kappa shape index (κ3) is 3.33. The van der Waals surface area contributed by atoms with Crippen molar-refractivity contribution in [3.05, 3.63) is 82.0 Å². The molecule has 0 spiro atoms. The summed E-state index contributed by atoms with van der Waals surface area (Å²) in [5.41, 5.74) is 1.69. The number of hydrogen-bond acceptors (Lipinski definition) is 4. The molecule has 0 bridgehead atoms. The van der Waals surface area contributed by atoms with Gasteiger partial charge in [0.25, 0.3) is 11.8 Å². The lowest BCUT2D eigenvalue weighted by atomic mass is 10.1. The summed E-state index contributed by atoms with van der Waals surface area (Å²) in [5, 5.41) is 2.21. The van der Waals surface area contributed by atoms with Gasteiger partial charge in [-0.05, 0) is 77.2 Å². The smallest absolute Gasteiger partial charge is 0.317 e. The zero-order valence-electron chi connectivity index (χ0n) is 14.4. The Morgan fingerprint density at radius 3 is 2.46 bits per heavy atom. The number of nitrogens with zero attached hydrogens (tertiary/aromatic N) is 3. The zero-order chi connectivity index (χ0) is 19.7. The number of imide groups is 2. The molecular formula is C20H13IN4O3. The fourth-order valence-electron chi connectivity index (χ4n) is 2.87. The standard InChI is InChI=1S/C20H13IN4O3/c21-13-5-7-14(8-6-13)24-10-2-4-15(24)11-17-18(26)23-20(28)25(19(17)27)16-3-1-9-22-12-16/h1-12H,(H,23,26,28)/b17-11+. The van der Waals surface area contributed by atoms with E-state index in [1.54, 1.807) is 18.2 Å². The molecule has 1 aromatic carbocycles. The van der Waals surface area contributed by atoms with Crippen LogP contribution in [-0.2, 0) is 9.59 Å². The Bertz CT molecular complexity index is 1100. The summed E-state index contributed by atoms with van der Waals surface area (Å²) >= 11 is 2.22. The molecule has 0 atom stereocenters. The molecule has 1 aliphatic rings. The van der Waals surface area contributed by atoms with E-state index in [-0.39, 0.29) is 11.3 Å². The van der Waals surface area contributed by atoms with E-state index in [0.29, 0.717) is 5.69 Å². The number of aromatic nitrogens is 2. The van der Waals surface area contributed by atoms with E-state index in [9.17, 15) is 14.4 Å². The summed E-state index contributed by atoms with van der Waals surface area (Å²) in [5.74, 6) is -1.43. The molecule has 0 aliphatic carbocycles. The SMILES string of the molecule is O=C1NC(=O)N(c2cccnc2)C(=O)/C1=C/c1cccn1-c1ccc(I)cc1. The van der Waals surface area contributed by atoms with Gasteiger partial charge in [-0.1, -0.05) is 0 Å². The van der Waals surface area contributed by atoms with Gasteiger partial charge < -0.3 is 4.57 Å². The second-order valence-corrected chi connectivity index (χ2v) is 7.19. The van der Waals surface area contributed by atoms with Gasteiger partial charge >= 0.3 is 6.03 Å². The predicted octanol–water partition coefficient (Wildman–Crippen LogP) is 3.14. The van der Waals surface area contributed by atoms with Crippen LogP contribution in [0.2, 0.25) is 0 Å². The molecule has 1 aliphatic heterocycles. The summed E-state index contributed by atoms with van der Waals surface area (Å²) in [6.07, 6.45) is 6.24. The van der Waals surface area contributed by atoms with Gasteiger partial charge in [0.2, 0.25) is 0 Å². The molecule has 7 nitrogen and oxygen atoms in total. The molecular weight excluding hydrogens is 471 g/mol. The molecule has 1 N–H and O–H groups in total. The highest BCUT2D eigenvalue weighted by molar-refractivity contribution is 14.1. The topological polar surface area (TPSA) is 84.3 Å². The summed E-state index contributed by atoms with van der Waals surface area (Å²) in [4.78, 5) is 42.3. The lowest BCUT2D eigenvalue weighted by Crippen LogP contribution is -2.54. The molecule has 1 saturated heterocycles. The highest BCUT2D eigenvalue weighted by Gasteiger charge is 2.37. The highest BCUT2D eigenvalue weighted by Crippen LogP contribution is 2.22. The minimum absolute atomic E-state index is 0.131. The van der Waals surface area contributed by atoms with Gasteiger partial charge in [0.15, 0.2) is 0 Å². The Morgan fingerprint density at radius 2 is 1.75 bits per heavy atom. The molecule has 28 heavy (non-hydrogen) atoms. The zero-order valence-corrected chi connectivity index (χ0v) is 16.5. The van der Waals surface area contributed by atoms with Gasteiger partial charge in [0, 0.05) is 27.3 Å². The maximum Gasteiger partial charge on any atom is 0.336 e. The Kier molecular flexibility index (Phi) is 4.78. The number of halogens is 1. The van der Waals surface area contributed by atoms with Crippen LogP contribution < -0.4 is 10.2 Å². The van der Waals surface area contributed by atoms with E-state index >= 15 is 0 Å². The normalized spacial score (nSPS) is 15.8. The van der Waals surface area contributed by atoms with Crippen LogP contribution in [0.15, 0.2) is 72.7 Å². The fraction of sp³-hybridized carbons (Fsp3) is 0. The first kappa shape index (κ1) is 18.1. The predicted molar refractivity (Wildman–Crippen MR) is 112 cm³/mol. The third-order valence-electron chi connectivity index (χ3n) is 4.18. The summed E-state index contributed by atoms with van der Waals surface area (Å²) < 4.78 is 2.95. The highest BCUT2D eigenvalue weighted by atomic mass is 127. The van der Waals surface area contributed by atoms with Crippen LogP contribution in [-0.4, -0.2) is 27.4 Å². The van der Waals surface area contributed by atoms with Crippen LogP contribution >= 0.6 is 22.6 Å². The summed E-state index contributed by atoms with van der Waals surface area (Å²) in [6.45, 7) is 0. The van der Waals surface area contributed by atoms with Crippen molar-refractivity contribution in [2.45, 2.75) is 0 Å². The first-order valence-electron chi connectivity index (χ1n) is 8.29. The molecule has 4 amide bonds. The Labute approximate surface area is 173 Å². The van der Waals surface area contributed by atoms with Crippen LogP contribution in [0.4, 0.5) is 10.5 Å². The number of carbonyl (C=O) groups excluding carboxylic acids is 3. The molecule has 4 rings (SSSR count). The van der Waals surface area contributed by atoms with Gasteiger partial charge in [-0.3, -0.25) is 19.9 Å². The average Bonchev–Trinajstić information content (AvgIpc) is 3.15. The molecule has 0 unspecified atom stereocenters. The molecule has 2 aromatic heterocycles. The number of hydrogen-bond donors (Lipinski definition) is 1. The average molecular weight is 484 g/mol. The minimum Gasteiger partial charge on any atom is -0.317 e. The molecule has 0 radical (unpaired) electrons. The number of nitrogens with one attached hydrogen (secondary N) is 1. The third-order valence-corrected chi connectivity index (χ3v) is 4.90. The maximum atomic E-state index is 12.9. The van der Waals surface area contributed by atoms with Crippen molar-refractivity contribution in [1.29, 1.82) is 0 Å². The summed E-state index contributed by atoms with van der Waals surface area (Å²) in [6, 6.07) is 13.8. The molecule has 8 heteroatoms. The number of pyridine rings is 1. The van der Waals surface area contributed by atoms with Gasteiger partial charge in [-0.15, -0.1) is 0 Å². The number of benzene rings is 1. The van der Waals surface area contributed by atoms with Crippen molar-refractivity contribution >= 4 is 52.2 Å². The van der Waals surface area contributed by atoms with E-state index < -0.39 is 17.8 Å². The number of urea groups is 1. The number of barbiturate groups is 1. The largest absolute Gasteiger partial charge is 0.336 e. The van der Waals surface area contributed by atoms with Crippen LogP contribution in [0.1, 0.15) is 5.69 Å². The van der Waals surface area contributed by atoms with E-state index in [1.165, 1.54) is 18.5 Å². The van der Waals surface area contributed by atoms with Crippen LogP contribution in [0.3, 0.4) is 0 Å². The van der Waals surface area contributed by atoms with E-state index in [1.807, 2.05) is 41.1 Å². The first-order valence-corrected chi connectivity index (χ1v) is 9.37. The van der Waals surface area contributed by atoms with E-state index in [2.05, 4.69) is 32.9 Å². The second kappa shape index (κ2) is 7.39. The van der Waals surface area contributed by atoms with E-state index in [0.717, 1.165) is 14.2 Å². The molecule has 3 heterocycles. The Balaban J connectivity index is 1.74. The number of anilines is 1. The first-order chi connectivity index (χ1) is 13.5. The van der Waals surface area contributed by atoms with Gasteiger partial charge in [-0.25, -0.2) is 9.69 Å². The molecule has 138 valence electrons. The monoisotopic (exact) mass is 484 g/mol. The van der Waals surface area contributed by atoms with Crippen molar-refractivity contribution in [2.24, 2.45) is 0 Å². The molecule has 1 fully saturated rings. The number of carbonyl (C=O) groups is 3. The van der Waals surface area contributed by atoms with Crippen LogP contribution in [0.25, 0.3) is 11.8 Å². The quantitative estimate of drug-likeness (QED) is 0.352. The molecule has 3 aromatic rings.